The molecule has 4 aromatic carbocycles. The van der Waals surface area contributed by atoms with Crippen molar-refractivity contribution in [1.82, 2.24) is 5.32 Å². The maximum absolute atomic E-state index is 13.6. The van der Waals surface area contributed by atoms with E-state index in [9.17, 15) is 14.4 Å². The highest BCUT2D eigenvalue weighted by Gasteiger charge is 2.37. The van der Waals surface area contributed by atoms with Crippen LogP contribution in [0.2, 0.25) is 0 Å². The van der Waals surface area contributed by atoms with Crippen LogP contribution in [0.5, 0.6) is 5.75 Å². The summed E-state index contributed by atoms with van der Waals surface area (Å²) in [4.78, 5) is 40.3. The second-order valence-corrected chi connectivity index (χ2v) is 8.92. The number of anilines is 1. The summed E-state index contributed by atoms with van der Waals surface area (Å²) < 4.78 is 6.20. The molecule has 1 heterocycles. The second kappa shape index (κ2) is 10.1. The number of benzene rings is 4. The number of nitrogens with zero attached hydrogens (tertiary/aromatic N) is 1. The lowest BCUT2D eigenvalue weighted by Gasteiger charge is -2.28. The van der Waals surface area contributed by atoms with Gasteiger partial charge in [0.2, 0.25) is 0 Å². The van der Waals surface area contributed by atoms with Gasteiger partial charge in [0.05, 0.1) is 5.69 Å². The van der Waals surface area contributed by atoms with Crippen molar-refractivity contribution in [2.24, 2.45) is 0 Å². The van der Waals surface area contributed by atoms with Crippen LogP contribution < -0.4 is 15.0 Å². The molecule has 184 valence electrons. The quantitative estimate of drug-likeness (QED) is 0.267. The van der Waals surface area contributed by atoms with E-state index in [1.165, 1.54) is 6.08 Å². The van der Waals surface area contributed by atoms with Crippen molar-refractivity contribution < 1.29 is 19.1 Å². The molecule has 4 aromatic rings. The molecule has 0 bridgehead atoms. The predicted molar refractivity (Wildman–Crippen MR) is 144 cm³/mol. The van der Waals surface area contributed by atoms with Crippen LogP contribution in [-0.2, 0) is 22.6 Å². The lowest BCUT2D eigenvalue weighted by Crippen LogP contribution is -2.54. The van der Waals surface area contributed by atoms with Crippen LogP contribution in [0.4, 0.5) is 10.5 Å². The molecule has 0 aromatic heterocycles. The van der Waals surface area contributed by atoms with Crippen molar-refractivity contribution in [2.75, 3.05) is 4.90 Å². The highest BCUT2D eigenvalue weighted by molar-refractivity contribution is 6.39. The van der Waals surface area contributed by atoms with Gasteiger partial charge in [-0.3, -0.25) is 14.9 Å². The van der Waals surface area contributed by atoms with Gasteiger partial charge in [-0.25, -0.2) is 9.69 Å². The van der Waals surface area contributed by atoms with E-state index in [1.807, 2.05) is 86.6 Å². The lowest BCUT2D eigenvalue weighted by molar-refractivity contribution is -0.122. The van der Waals surface area contributed by atoms with Crippen LogP contribution in [0, 0.1) is 6.92 Å². The molecule has 37 heavy (non-hydrogen) atoms. The molecule has 0 saturated carbocycles. The van der Waals surface area contributed by atoms with Gasteiger partial charge in [0.15, 0.2) is 0 Å². The van der Waals surface area contributed by atoms with Gasteiger partial charge in [0.1, 0.15) is 17.9 Å². The molecule has 1 N–H and O–H groups in total. The number of fused-ring (bicyclic) bond motifs is 1. The van der Waals surface area contributed by atoms with Crippen molar-refractivity contribution in [3.8, 4) is 5.75 Å². The molecule has 6 nitrogen and oxygen atoms in total. The normalized spacial score (nSPS) is 14.8. The molecule has 4 amide bonds. The number of aryl methyl sites for hydroxylation is 2. The van der Waals surface area contributed by atoms with Gasteiger partial charge >= 0.3 is 6.03 Å². The Morgan fingerprint density at radius 2 is 1.68 bits per heavy atom. The van der Waals surface area contributed by atoms with E-state index in [4.69, 9.17) is 4.74 Å². The molecule has 0 atom stereocenters. The zero-order valence-corrected chi connectivity index (χ0v) is 20.7. The summed E-state index contributed by atoms with van der Waals surface area (Å²) >= 11 is 0. The number of para-hydroxylation sites is 1. The molecule has 1 aliphatic rings. The van der Waals surface area contributed by atoms with E-state index in [0.29, 0.717) is 30.0 Å². The van der Waals surface area contributed by atoms with Gasteiger partial charge in [-0.1, -0.05) is 85.3 Å². The molecule has 5 rings (SSSR count). The van der Waals surface area contributed by atoms with Crippen LogP contribution in [0.3, 0.4) is 0 Å². The van der Waals surface area contributed by atoms with Gasteiger partial charge in [-0.05, 0) is 53.5 Å². The smallest absolute Gasteiger partial charge is 0.335 e. The van der Waals surface area contributed by atoms with Crippen LogP contribution in [-0.4, -0.2) is 17.8 Å². The number of hydrogen-bond acceptors (Lipinski definition) is 4. The average molecular weight is 491 g/mol. The Balaban J connectivity index is 1.59. The fourth-order valence-corrected chi connectivity index (χ4v) is 4.56. The fourth-order valence-electron chi connectivity index (χ4n) is 4.56. The van der Waals surface area contributed by atoms with E-state index >= 15 is 0 Å². The van der Waals surface area contributed by atoms with Gasteiger partial charge in [-0.2, -0.15) is 0 Å². The monoisotopic (exact) mass is 490 g/mol. The molecule has 1 fully saturated rings. The zero-order chi connectivity index (χ0) is 25.9. The minimum atomic E-state index is -0.762. The molecule has 1 saturated heterocycles. The highest BCUT2D eigenvalue weighted by atomic mass is 16.5. The number of urea groups is 1. The number of nitrogens with one attached hydrogen (secondary N) is 1. The molecule has 6 heteroatoms. The molecule has 1 aliphatic heterocycles. The summed E-state index contributed by atoms with van der Waals surface area (Å²) in [6.45, 7) is 4.29. The number of carbonyl (C=O) groups is 3. The first-order valence-corrected chi connectivity index (χ1v) is 12.2. The van der Waals surface area contributed by atoms with Crippen molar-refractivity contribution in [3.63, 3.8) is 0 Å². The summed E-state index contributed by atoms with van der Waals surface area (Å²) in [6, 6.07) is 25.9. The second-order valence-electron chi connectivity index (χ2n) is 8.92. The molecule has 0 unspecified atom stereocenters. The Hall–Kier alpha value is -4.71. The van der Waals surface area contributed by atoms with E-state index in [1.54, 1.807) is 12.1 Å². The Morgan fingerprint density at radius 3 is 2.49 bits per heavy atom. The van der Waals surface area contributed by atoms with Crippen LogP contribution in [0.15, 0.2) is 90.5 Å². The zero-order valence-electron chi connectivity index (χ0n) is 20.7. The maximum Gasteiger partial charge on any atom is 0.335 e. The van der Waals surface area contributed by atoms with Gasteiger partial charge in [0.25, 0.3) is 11.8 Å². The van der Waals surface area contributed by atoms with E-state index in [2.05, 4.69) is 5.32 Å². The minimum absolute atomic E-state index is 0.137. The Labute approximate surface area is 215 Å². The van der Waals surface area contributed by atoms with Crippen molar-refractivity contribution >= 4 is 40.4 Å². The van der Waals surface area contributed by atoms with Gasteiger partial charge in [-0.15, -0.1) is 0 Å². The number of imide groups is 2. The number of barbiturate groups is 1. The predicted octanol–water partition coefficient (Wildman–Crippen LogP) is 5.96. The Morgan fingerprint density at radius 1 is 0.892 bits per heavy atom. The van der Waals surface area contributed by atoms with E-state index in [-0.39, 0.29) is 5.57 Å². The third-order valence-corrected chi connectivity index (χ3v) is 6.41. The number of ether oxygens (including phenoxy) is 1. The van der Waals surface area contributed by atoms with Crippen molar-refractivity contribution in [2.45, 2.75) is 26.9 Å². The standard InChI is InChI=1S/C31H26N2O4/c1-3-22-11-5-7-14-27(22)33-30(35)26(29(34)32-31(33)36)18-25-24-13-6-4-12-23(24)15-16-28(25)37-19-21-10-8-9-20(2)17-21/h4-18H,3,19H2,1-2H3,(H,32,34,36)/b26-18-. The molecular formula is C31H26N2O4. The first kappa shape index (κ1) is 24.0. The minimum Gasteiger partial charge on any atom is -0.488 e. The van der Waals surface area contributed by atoms with Crippen molar-refractivity contribution in [3.05, 3.63) is 113 Å². The Kier molecular flexibility index (Phi) is 6.56. The molecule has 0 spiro atoms. The molecule has 0 radical (unpaired) electrons. The molecule has 0 aliphatic carbocycles. The van der Waals surface area contributed by atoms with Crippen molar-refractivity contribution in [1.29, 1.82) is 0 Å². The summed E-state index contributed by atoms with van der Waals surface area (Å²) in [5.41, 5.74) is 3.88. The first-order valence-electron chi connectivity index (χ1n) is 12.2. The SMILES string of the molecule is CCc1ccccc1N1C(=O)NC(=O)/C(=C/c2c(OCc3cccc(C)c3)ccc3ccccc23)C1=O. The average Bonchev–Trinajstić information content (AvgIpc) is 2.90. The number of rotatable bonds is 6. The topological polar surface area (TPSA) is 75.7 Å². The number of hydrogen-bond donors (Lipinski definition) is 1. The molecular weight excluding hydrogens is 464 g/mol. The number of amides is 4. The van der Waals surface area contributed by atoms with Crippen LogP contribution >= 0.6 is 0 Å². The number of carbonyl (C=O) groups excluding carboxylic acids is 3. The Bertz CT molecular complexity index is 1570. The highest BCUT2D eigenvalue weighted by Crippen LogP contribution is 2.33. The third-order valence-electron chi connectivity index (χ3n) is 6.41. The van der Waals surface area contributed by atoms with E-state index < -0.39 is 17.8 Å². The summed E-state index contributed by atoms with van der Waals surface area (Å²) in [6.07, 6.45) is 2.15. The third kappa shape index (κ3) is 4.74. The summed E-state index contributed by atoms with van der Waals surface area (Å²) in [5, 5.41) is 4.09. The first-order chi connectivity index (χ1) is 18.0. The summed E-state index contributed by atoms with van der Waals surface area (Å²) in [5.74, 6) is -0.879. The van der Waals surface area contributed by atoms with Crippen LogP contribution in [0.1, 0.15) is 29.2 Å². The summed E-state index contributed by atoms with van der Waals surface area (Å²) in [7, 11) is 0. The van der Waals surface area contributed by atoms with Gasteiger partial charge < -0.3 is 4.74 Å². The largest absolute Gasteiger partial charge is 0.488 e. The lowest BCUT2D eigenvalue weighted by atomic mass is 9.99. The maximum atomic E-state index is 13.6. The van der Waals surface area contributed by atoms with Crippen LogP contribution in [0.25, 0.3) is 16.8 Å². The van der Waals surface area contributed by atoms with E-state index in [0.717, 1.165) is 32.4 Å². The fraction of sp³-hybridized carbons (Fsp3) is 0.129. The van der Waals surface area contributed by atoms with Gasteiger partial charge in [0, 0.05) is 5.56 Å².